The first-order chi connectivity index (χ1) is 17.8. The summed E-state index contributed by atoms with van der Waals surface area (Å²) in [5.41, 5.74) is 2.62. The molecular formula is C28H35FN4O4. The number of benzene rings is 2. The van der Waals surface area contributed by atoms with E-state index in [2.05, 4.69) is 16.3 Å². The van der Waals surface area contributed by atoms with Crippen molar-refractivity contribution in [1.29, 1.82) is 5.26 Å². The molecule has 2 fully saturated rings. The predicted octanol–water partition coefficient (Wildman–Crippen LogP) is 2.75. The summed E-state index contributed by atoms with van der Waals surface area (Å²) in [5.74, 6) is -0.230. The molecule has 198 valence electrons. The summed E-state index contributed by atoms with van der Waals surface area (Å²) in [5, 5.41) is 30.8. The van der Waals surface area contributed by atoms with Crippen LogP contribution < -0.4 is 10.2 Å². The van der Waals surface area contributed by atoms with E-state index in [-0.39, 0.29) is 11.9 Å². The minimum absolute atomic E-state index is 0.151. The standard InChI is InChI=1S/C14H18FNO3.C14H17N3O/c1-9(17)13(18)14(19)16-8-2-3-12(16)10-4-6-11(15)7-5-10;15-9-13-3-1-2-4-14(13)17-7-5-12(6-8-17)10-16-11-18/h4-7,9,12-13,17-18H,2-3,8H2,1H3;1-4,11-12H,5-8,10H2,(H,16,18). The highest BCUT2D eigenvalue weighted by molar-refractivity contribution is 5.82. The number of piperidine rings is 1. The van der Waals surface area contributed by atoms with Crippen molar-refractivity contribution < 1.29 is 24.2 Å². The number of hydrogen-bond donors (Lipinski definition) is 3. The third-order valence-electron chi connectivity index (χ3n) is 6.97. The van der Waals surface area contributed by atoms with Crippen molar-refractivity contribution in [2.24, 2.45) is 5.92 Å². The van der Waals surface area contributed by atoms with Crippen molar-refractivity contribution in [2.45, 2.75) is 50.9 Å². The van der Waals surface area contributed by atoms with Gasteiger partial charge in [-0.05, 0) is 68.4 Å². The van der Waals surface area contributed by atoms with Crippen LogP contribution in [0.3, 0.4) is 0 Å². The zero-order chi connectivity index (χ0) is 26.8. The highest BCUT2D eigenvalue weighted by atomic mass is 19.1. The van der Waals surface area contributed by atoms with Crippen molar-refractivity contribution in [1.82, 2.24) is 10.2 Å². The predicted molar refractivity (Wildman–Crippen MR) is 138 cm³/mol. The van der Waals surface area contributed by atoms with Crippen molar-refractivity contribution in [3.05, 3.63) is 65.5 Å². The largest absolute Gasteiger partial charge is 0.390 e. The second kappa shape index (κ2) is 13.7. The average Bonchev–Trinajstić information content (AvgIpc) is 3.42. The lowest BCUT2D eigenvalue weighted by Gasteiger charge is -2.33. The third kappa shape index (κ3) is 7.51. The number of hydrogen-bond acceptors (Lipinski definition) is 6. The monoisotopic (exact) mass is 510 g/mol. The smallest absolute Gasteiger partial charge is 0.254 e. The average molecular weight is 511 g/mol. The molecule has 2 aliphatic rings. The van der Waals surface area contributed by atoms with Crippen LogP contribution in [-0.2, 0) is 9.59 Å². The van der Waals surface area contributed by atoms with E-state index >= 15 is 0 Å². The molecule has 0 spiro atoms. The van der Waals surface area contributed by atoms with Gasteiger partial charge >= 0.3 is 0 Å². The lowest BCUT2D eigenvalue weighted by Crippen LogP contribution is -2.43. The number of nitrogens with zero attached hydrogens (tertiary/aromatic N) is 3. The van der Waals surface area contributed by atoms with E-state index in [1.165, 1.54) is 19.1 Å². The number of carbonyl (C=O) groups is 2. The summed E-state index contributed by atoms with van der Waals surface area (Å²) in [6.45, 7) is 4.58. The number of aliphatic hydroxyl groups excluding tert-OH is 2. The van der Waals surface area contributed by atoms with Gasteiger partial charge in [0.2, 0.25) is 6.41 Å². The first-order valence-electron chi connectivity index (χ1n) is 12.7. The summed E-state index contributed by atoms with van der Waals surface area (Å²) >= 11 is 0. The Morgan fingerprint density at radius 1 is 1.14 bits per heavy atom. The van der Waals surface area contributed by atoms with E-state index in [0.717, 1.165) is 68.5 Å². The topological polar surface area (TPSA) is 117 Å². The van der Waals surface area contributed by atoms with Gasteiger partial charge in [0.05, 0.1) is 23.4 Å². The molecule has 37 heavy (non-hydrogen) atoms. The summed E-state index contributed by atoms with van der Waals surface area (Å²) < 4.78 is 12.9. The van der Waals surface area contributed by atoms with Gasteiger partial charge in [-0.25, -0.2) is 4.39 Å². The number of para-hydroxylation sites is 1. The van der Waals surface area contributed by atoms with Crippen LogP contribution in [-0.4, -0.2) is 65.8 Å². The van der Waals surface area contributed by atoms with Crippen LogP contribution in [0.15, 0.2) is 48.5 Å². The van der Waals surface area contributed by atoms with Crippen LogP contribution in [0.25, 0.3) is 0 Å². The third-order valence-corrected chi connectivity index (χ3v) is 6.97. The van der Waals surface area contributed by atoms with Gasteiger partial charge in [-0.1, -0.05) is 24.3 Å². The molecule has 2 saturated heterocycles. The van der Waals surface area contributed by atoms with E-state index in [0.29, 0.717) is 12.5 Å². The molecule has 3 N–H and O–H groups in total. The zero-order valence-corrected chi connectivity index (χ0v) is 21.1. The minimum atomic E-state index is -1.40. The molecule has 8 nitrogen and oxygen atoms in total. The molecule has 2 amide bonds. The van der Waals surface area contributed by atoms with Gasteiger partial charge in [0.15, 0.2) is 6.10 Å². The molecular weight excluding hydrogens is 475 g/mol. The van der Waals surface area contributed by atoms with E-state index in [9.17, 15) is 24.2 Å². The number of rotatable bonds is 7. The Balaban J connectivity index is 0.000000206. The van der Waals surface area contributed by atoms with E-state index in [4.69, 9.17) is 5.26 Å². The van der Waals surface area contributed by atoms with Crippen LogP contribution >= 0.6 is 0 Å². The van der Waals surface area contributed by atoms with Gasteiger partial charge in [-0.2, -0.15) is 5.26 Å². The first kappa shape index (κ1) is 28.1. The fourth-order valence-corrected chi connectivity index (χ4v) is 4.87. The second-order valence-electron chi connectivity index (χ2n) is 9.51. The summed E-state index contributed by atoms with van der Waals surface area (Å²) in [6.07, 6.45) is 1.99. The number of amides is 2. The van der Waals surface area contributed by atoms with Crippen LogP contribution in [0.5, 0.6) is 0 Å². The SMILES string of the molecule is CC(O)C(O)C(=O)N1CCCC1c1ccc(F)cc1.N#Cc1ccccc1N1CCC(CNC=O)CC1. The molecule has 0 radical (unpaired) electrons. The molecule has 0 aromatic heterocycles. The van der Waals surface area contributed by atoms with Gasteiger partial charge in [0, 0.05) is 26.2 Å². The number of anilines is 1. The molecule has 2 aliphatic heterocycles. The van der Waals surface area contributed by atoms with Crippen LogP contribution in [0.4, 0.5) is 10.1 Å². The molecule has 2 aromatic rings. The molecule has 0 bridgehead atoms. The first-order valence-corrected chi connectivity index (χ1v) is 12.7. The normalized spacial score (nSPS) is 19.3. The van der Waals surface area contributed by atoms with Crippen LogP contribution in [0.2, 0.25) is 0 Å². The van der Waals surface area contributed by atoms with Gasteiger partial charge in [-0.3, -0.25) is 9.59 Å². The fraction of sp³-hybridized carbons (Fsp3) is 0.464. The summed E-state index contributed by atoms with van der Waals surface area (Å²) in [7, 11) is 0. The summed E-state index contributed by atoms with van der Waals surface area (Å²) in [4.78, 5) is 26.2. The maximum absolute atomic E-state index is 12.9. The molecule has 0 saturated carbocycles. The highest BCUT2D eigenvalue weighted by Gasteiger charge is 2.34. The Morgan fingerprint density at radius 3 is 2.43 bits per heavy atom. The number of nitriles is 1. The van der Waals surface area contributed by atoms with Gasteiger partial charge in [0.1, 0.15) is 11.9 Å². The molecule has 9 heteroatoms. The number of carbonyl (C=O) groups excluding carboxylic acids is 2. The van der Waals surface area contributed by atoms with E-state index in [1.54, 1.807) is 17.0 Å². The molecule has 2 aromatic carbocycles. The maximum Gasteiger partial charge on any atom is 0.254 e. The Bertz CT molecular complexity index is 1060. The van der Waals surface area contributed by atoms with Crippen molar-refractivity contribution >= 4 is 18.0 Å². The lowest BCUT2D eigenvalue weighted by molar-refractivity contribution is -0.146. The van der Waals surface area contributed by atoms with Gasteiger partial charge in [0.25, 0.3) is 5.91 Å². The quantitative estimate of drug-likeness (QED) is 0.493. The molecule has 0 aliphatic carbocycles. The van der Waals surface area contributed by atoms with Crippen molar-refractivity contribution in [3.63, 3.8) is 0 Å². The molecule has 3 atom stereocenters. The Labute approximate surface area is 217 Å². The number of nitrogens with one attached hydrogen (secondary N) is 1. The number of aliphatic hydroxyl groups is 2. The second-order valence-corrected chi connectivity index (χ2v) is 9.51. The van der Waals surface area contributed by atoms with Crippen LogP contribution in [0, 0.1) is 23.1 Å². The summed E-state index contributed by atoms with van der Waals surface area (Å²) in [6, 6.07) is 15.8. The Morgan fingerprint density at radius 2 is 1.81 bits per heavy atom. The minimum Gasteiger partial charge on any atom is -0.390 e. The van der Waals surface area contributed by atoms with Crippen molar-refractivity contribution in [3.8, 4) is 6.07 Å². The van der Waals surface area contributed by atoms with E-state index < -0.39 is 18.1 Å². The van der Waals surface area contributed by atoms with Crippen LogP contribution in [0.1, 0.15) is 49.8 Å². The number of halogens is 1. The molecule has 2 heterocycles. The number of likely N-dealkylation sites (tertiary alicyclic amines) is 1. The van der Waals surface area contributed by atoms with Crippen molar-refractivity contribution in [2.75, 3.05) is 31.1 Å². The highest BCUT2D eigenvalue weighted by Crippen LogP contribution is 2.32. The molecule has 3 unspecified atom stereocenters. The molecule has 4 rings (SSSR count). The fourth-order valence-electron chi connectivity index (χ4n) is 4.87. The van der Waals surface area contributed by atoms with E-state index in [1.807, 2.05) is 24.3 Å². The lowest BCUT2D eigenvalue weighted by atomic mass is 9.96. The van der Waals surface area contributed by atoms with Gasteiger partial charge < -0.3 is 25.3 Å². The Hall–Kier alpha value is -3.48. The van der Waals surface area contributed by atoms with Gasteiger partial charge in [-0.15, -0.1) is 0 Å². The zero-order valence-electron chi connectivity index (χ0n) is 21.1. The maximum atomic E-state index is 12.9. The Kier molecular flexibility index (Phi) is 10.4.